The number of methoxy groups -OCH3 is 1. The second-order valence-corrected chi connectivity index (χ2v) is 5.91. The maximum Gasteiger partial charge on any atom is 0.344 e. The summed E-state index contributed by atoms with van der Waals surface area (Å²) in [7, 11) is 3.76. The van der Waals surface area contributed by atoms with E-state index in [0.29, 0.717) is 18.6 Å². The molecule has 0 aliphatic carbocycles. The van der Waals surface area contributed by atoms with E-state index >= 15 is 0 Å². The highest BCUT2D eigenvalue weighted by atomic mass is 35.5. The lowest BCUT2D eigenvalue weighted by Crippen LogP contribution is -2.45. The molecule has 1 aromatic carbocycles. The van der Waals surface area contributed by atoms with E-state index in [0.717, 1.165) is 43.2 Å². The Hall–Kier alpha value is -1.66. The summed E-state index contributed by atoms with van der Waals surface area (Å²) in [6, 6.07) is 3.90. The number of piperazine rings is 1. The molecule has 2 heterocycles. The van der Waals surface area contributed by atoms with E-state index < -0.39 is 12.1 Å². The Bertz CT molecular complexity index is 573. The average Bonchev–Trinajstić information content (AvgIpc) is 2.54. The van der Waals surface area contributed by atoms with Gasteiger partial charge in [0.2, 0.25) is 0 Å². The predicted molar refractivity (Wildman–Crippen MR) is 90.3 cm³/mol. The van der Waals surface area contributed by atoms with Gasteiger partial charge in [0.05, 0.1) is 12.8 Å². The number of nitrogens with zero attached hydrogens (tertiary/aromatic N) is 2. The highest BCUT2D eigenvalue weighted by Crippen LogP contribution is 2.41. The van der Waals surface area contributed by atoms with Crippen molar-refractivity contribution in [2.75, 3.05) is 45.2 Å². The van der Waals surface area contributed by atoms with Crippen molar-refractivity contribution in [1.82, 2.24) is 4.90 Å². The minimum Gasteiger partial charge on any atom is -0.497 e. The molecule has 6 nitrogen and oxygen atoms in total. The summed E-state index contributed by atoms with van der Waals surface area (Å²) in [5.74, 6) is 0.611. The van der Waals surface area contributed by atoms with Crippen LogP contribution in [0.4, 0.5) is 5.69 Å². The van der Waals surface area contributed by atoms with Crippen molar-refractivity contribution in [3.63, 3.8) is 0 Å². The van der Waals surface area contributed by atoms with Crippen molar-refractivity contribution in [2.24, 2.45) is 0 Å². The molecular weight excluding hydrogens is 320 g/mol. The van der Waals surface area contributed by atoms with Gasteiger partial charge in [0.1, 0.15) is 11.5 Å². The molecule has 0 amide bonds. The lowest BCUT2D eigenvalue weighted by molar-refractivity contribution is -0.145. The van der Waals surface area contributed by atoms with E-state index in [1.54, 1.807) is 7.11 Å². The number of hydrogen-bond acceptors (Lipinski definition) is 5. The standard InChI is InChI=1S/C16H22N2O4.ClH/c1-17-5-7-18(8-6-17)13-10-12(21-2)9-11-3-4-14(16(19)20)22-15(11)13;/h9-10,14H,3-8H2,1-2H3,(H,19,20);1H. The number of aliphatic carboxylic acids is 1. The predicted octanol–water partition coefficient (Wildman–Crippen LogP) is 1.65. The Balaban J connectivity index is 0.00000192. The molecule has 0 saturated carbocycles. The number of carboxylic acid groups (broad SMARTS) is 1. The number of anilines is 1. The topological polar surface area (TPSA) is 62.2 Å². The van der Waals surface area contributed by atoms with Crippen molar-refractivity contribution >= 4 is 24.1 Å². The fourth-order valence-corrected chi connectivity index (χ4v) is 3.03. The molecule has 23 heavy (non-hydrogen) atoms. The summed E-state index contributed by atoms with van der Waals surface area (Å²) >= 11 is 0. The highest BCUT2D eigenvalue weighted by molar-refractivity contribution is 5.85. The van der Waals surface area contributed by atoms with Crippen LogP contribution in [0, 0.1) is 0 Å². The second kappa shape index (κ2) is 7.27. The summed E-state index contributed by atoms with van der Waals surface area (Å²) in [6.07, 6.45) is 0.439. The number of fused-ring (bicyclic) bond motifs is 1. The van der Waals surface area contributed by atoms with E-state index in [9.17, 15) is 9.90 Å². The Kier molecular flexibility index (Phi) is 5.59. The van der Waals surface area contributed by atoms with Crippen LogP contribution in [-0.4, -0.2) is 62.4 Å². The van der Waals surface area contributed by atoms with E-state index in [1.165, 1.54) is 0 Å². The van der Waals surface area contributed by atoms with Crippen LogP contribution in [-0.2, 0) is 11.2 Å². The minimum atomic E-state index is -0.897. The van der Waals surface area contributed by atoms with E-state index in [2.05, 4.69) is 16.8 Å². The third-order valence-corrected chi connectivity index (χ3v) is 4.41. The monoisotopic (exact) mass is 342 g/mol. The fourth-order valence-electron chi connectivity index (χ4n) is 3.03. The lowest BCUT2D eigenvalue weighted by atomic mass is 10.00. The summed E-state index contributed by atoms with van der Waals surface area (Å²) in [5.41, 5.74) is 1.99. The zero-order valence-electron chi connectivity index (χ0n) is 13.4. The largest absolute Gasteiger partial charge is 0.497 e. The molecule has 1 unspecified atom stereocenters. The second-order valence-electron chi connectivity index (χ2n) is 5.91. The van der Waals surface area contributed by atoms with Gasteiger partial charge in [-0.1, -0.05) is 0 Å². The van der Waals surface area contributed by atoms with Gasteiger partial charge in [0.15, 0.2) is 6.10 Å². The number of aryl methyl sites for hydroxylation is 1. The molecule has 2 aliphatic rings. The zero-order valence-corrected chi connectivity index (χ0v) is 14.3. The zero-order chi connectivity index (χ0) is 15.7. The van der Waals surface area contributed by atoms with Crippen LogP contribution in [0.5, 0.6) is 11.5 Å². The van der Waals surface area contributed by atoms with Crippen LogP contribution in [0.1, 0.15) is 12.0 Å². The molecule has 0 bridgehead atoms. The van der Waals surface area contributed by atoms with Crippen LogP contribution < -0.4 is 14.4 Å². The van der Waals surface area contributed by atoms with Gasteiger partial charge in [-0.05, 0) is 26.0 Å². The number of rotatable bonds is 3. The molecule has 3 rings (SSSR count). The Labute approximate surface area is 142 Å². The van der Waals surface area contributed by atoms with Crippen LogP contribution in [0.2, 0.25) is 0 Å². The molecule has 128 valence electrons. The minimum absolute atomic E-state index is 0. The normalized spacial score (nSPS) is 21.0. The third kappa shape index (κ3) is 3.64. The fraction of sp³-hybridized carbons (Fsp3) is 0.562. The number of carboxylic acids is 1. The van der Waals surface area contributed by atoms with Gasteiger partial charge >= 0.3 is 5.97 Å². The lowest BCUT2D eigenvalue weighted by Gasteiger charge is -2.36. The van der Waals surface area contributed by atoms with Crippen LogP contribution in [0.3, 0.4) is 0 Å². The van der Waals surface area contributed by atoms with Crippen molar-refractivity contribution in [2.45, 2.75) is 18.9 Å². The number of benzene rings is 1. The molecule has 1 fully saturated rings. The number of carbonyl (C=O) groups is 1. The Morgan fingerprint density at radius 2 is 2.00 bits per heavy atom. The number of hydrogen-bond donors (Lipinski definition) is 1. The summed E-state index contributed by atoms with van der Waals surface area (Å²) in [4.78, 5) is 15.8. The first-order valence-corrected chi connectivity index (χ1v) is 7.62. The van der Waals surface area contributed by atoms with E-state index in [-0.39, 0.29) is 12.4 Å². The first kappa shape index (κ1) is 17.7. The van der Waals surface area contributed by atoms with Crippen molar-refractivity contribution in [3.8, 4) is 11.5 Å². The van der Waals surface area contributed by atoms with Crippen molar-refractivity contribution in [3.05, 3.63) is 17.7 Å². The molecule has 0 aromatic heterocycles. The van der Waals surface area contributed by atoms with Gasteiger partial charge in [-0.3, -0.25) is 0 Å². The number of halogens is 1. The summed E-state index contributed by atoms with van der Waals surface area (Å²) in [6.45, 7) is 3.76. The van der Waals surface area contributed by atoms with Gasteiger partial charge < -0.3 is 24.4 Å². The highest BCUT2D eigenvalue weighted by Gasteiger charge is 2.30. The third-order valence-electron chi connectivity index (χ3n) is 4.41. The van der Waals surface area contributed by atoms with Crippen LogP contribution in [0.25, 0.3) is 0 Å². The van der Waals surface area contributed by atoms with Gasteiger partial charge in [-0.2, -0.15) is 0 Å². The van der Waals surface area contributed by atoms with Crippen molar-refractivity contribution in [1.29, 1.82) is 0 Å². The molecular formula is C16H23ClN2O4. The molecule has 1 saturated heterocycles. The molecule has 0 radical (unpaired) electrons. The first-order valence-electron chi connectivity index (χ1n) is 7.62. The van der Waals surface area contributed by atoms with Crippen LogP contribution >= 0.6 is 12.4 Å². The van der Waals surface area contributed by atoms with Gasteiger partial charge in [-0.15, -0.1) is 12.4 Å². The maximum atomic E-state index is 11.2. The maximum absolute atomic E-state index is 11.2. The SMILES string of the molecule is COc1cc2c(c(N3CCN(C)CC3)c1)OC(C(=O)O)CC2.Cl. The Morgan fingerprint density at radius 3 is 2.61 bits per heavy atom. The van der Waals surface area contributed by atoms with Crippen LogP contribution in [0.15, 0.2) is 12.1 Å². The smallest absolute Gasteiger partial charge is 0.344 e. The summed E-state index contributed by atoms with van der Waals surface area (Å²) < 4.78 is 11.2. The summed E-state index contributed by atoms with van der Waals surface area (Å²) in [5, 5.41) is 9.23. The quantitative estimate of drug-likeness (QED) is 0.901. The molecule has 2 aliphatic heterocycles. The average molecular weight is 343 g/mol. The van der Waals surface area contributed by atoms with E-state index in [1.807, 2.05) is 12.1 Å². The first-order chi connectivity index (χ1) is 10.6. The number of ether oxygens (including phenoxy) is 2. The molecule has 1 aromatic rings. The van der Waals surface area contributed by atoms with Gasteiger partial charge in [-0.25, -0.2) is 4.79 Å². The molecule has 7 heteroatoms. The van der Waals surface area contributed by atoms with Gasteiger partial charge in [0, 0.05) is 37.8 Å². The molecule has 1 atom stereocenters. The number of likely N-dealkylation sites (N-methyl/N-ethyl adjacent to an activating group) is 1. The van der Waals surface area contributed by atoms with Crippen molar-refractivity contribution < 1.29 is 19.4 Å². The molecule has 0 spiro atoms. The Morgan fingerprint density at radius 1 is 1.30 bits per heavy atom. The van der Waals surface area contributed by atoms with Gasteiger partial charge in [0.25, 0.3) is 0 Å². The molecule has 1 N–H and O–H groups in total. The van der Waals surface area contributed by atoms with E-state index in [4.69, 9.17) is 9.47 Å².